The second-order valence-corrected chi connectivity index (χ2v) is 16.1. The number of aromatic nitrogens is 2. The van der Waals surface area contributed by atoms with Crippen molar-refractivity contribution in [2.24, 2.45) is 0 Å². The summed E-state index contributed by atoms with van der Waals surface area (Å²) in [7, 11) is 0. The van der Waals surface area contributed by atoms with E-state index < -0.39 is 0 Å². The Hall–Kier alpha value is -7.40. The molecule has 0 saturated heterocycles. The minimum atomic E-state index is -0.0115. The lowest BCUT2D eigenvalue weighted by molar-refractivity contribution is 0.738. The number of hydrogen-bond donors (Lipinski definition) is 0. The van der Waals surface area contributed by atoms with Gasteiger partial charge in [0, 0.05) is 34.3 Å². The molecular formula is C54H34N4. The summed E-state index contributed by atoms with van der Waals surface area (Å²) in [6, 6.07) is 39.3. The number of nitriles is 2. The van der Waals surface area contributed by atoms with Crippen molar-refractivity contribution in [1.29, 1.82) is 10.5 Å². The van der Waals surface area contributed by atoms with Gasteiger partial charge in [-0.15, -0.1) is 0 Å². The molecule has 270 valence electrons. The van der Waals surface area contributed by atoms with Crippen molar-refractivity contribution in [3.05, 3.63) is 188 Å². The summed E-state index contributed by atoms with van der Waals surface area (Å²) < 4.78 is 0. The molecule has 12 rings (SSSR count). The zero-order valence-electron chi connectivity index (χ0n) is 31.6. The first-order chi connectivity index (χ1) is 28.6. The molecule has 0 fully saturated rings. The fourth-order valence-electron chi connectivity index (χ4n) is 10.4. The van der Waals surface area contributed by atoms with E-state index in [1.165, 1.54) is 65.4 Å². The van der Waals surface area contributed by atoms with Gasteiger partial charge in [-0.1, -0.05) is 121 Å². The maximum absolute atomic E-state index is 10.1. The van der Waals surface area contributed by atoms with Gasteiger partial charge >= 0.3 is 0 Å². The van der Waals surface area contributed by atoms with Crippen LogP contribution in [0.2, 0.25) is 0 Å². The molecule has 0 spiro atoms. The Kier molecular flexibility index (Phi) is 7.10. The maximum Gasteiger partial charge on any atom is 0.160 e. The number of benzene rings is 6. The number of fused-ring (bicyclic) bond motifs is 1. The van der Waals surface area contributed by atoms with Crippen molar-refractivity contribution in [2.75, 3.05) is 0 Å². The molecule has 0 aliphatic heterocycles. The third-order valence-corrected chi connectivity index (χ3v) is 13.0. The molecule has 4 heteroatoms. The molecule has 5 aliphatic rings. The molecule has 0 N–H and O–H groups in total. The summed E-state index contributed by atoms with van der Waals surface area (Å²) in [5.74, 6) is 0.854. The Morgan fingerprint density at radius 2 is 1.50 bits per heavy atom. The largest absolute Gasteiger partial charge is 0.228 e. The fraction of sp³-hybridized carbons (Fsp3) is 0.111. The summed E-state index contributed by atoms with van der Waals surface area (Å²) in [6.45, 7) is 0. The highest BCUT2D eigenvalue weighted by atomic mass is 14.9. The molecule has 7 aromatic rings. The second-order valence-electron chi connectivity index (χ2n) is 16.1. The van der Waals surface area contributed by atoms with E-state index in [1.807, 2.05) is 30.3 Å². The van der Waals surface area contributed by atoms with Gasteiger partial charge in [0.15, 0.2) is 5.82 Å². The molecule has 0 radical (unpaired) electrons. The molecule has 1 heterocycles. The molecule has 0 bridgehead atoms. The van der Waals surface area contributed by atoms with Crippen molar-refractivity contribution in [2.45, 2.75) is 37.0 Å². The monoisotopic (exact) mass is 738 g/mol. The third kappa shape index (κ3) is 4.86. The van der Waals surface area contributed by atoms with E-state index in [4.69, 9.17) is 9.97 Å². The van der Waals surface area contributed by atoms with Crippen LogP contribution in [0.1, 0.15) is 81.7 Å². The zero-order valence-corrected chi connectivity index (χ0v) is 31.6. The number of nitrogens with zero attached hydrogens (tertiary/aromatic N) is 4. The topological polar surface area (TPSA) is 73.4 Å². The van der Waals surface area contributed by atoms with Gasteiger partial charge in [-0.05, 0) is 126 Å². The van der Waals surface area contributed by atoms with Crippen LogP contribution >= 0.6 is 0 Å². The van der Waals surface area contributed by atoms with Crippen LogP contribution in [0.15, 0.2) is 133 Å². The molecule has 6 aromatic carbocycles. The minimum Gasteiger partial charge on any atom is -0.228 e. The van der Waals surface area contributed by atoms with Gasteiger partial charge in [-0.2, -0.15) is 10.5 Å². The Morgan fingerprint density at radius 3 is 2.41 bits per heavy atom. The first-order valence-electron chi connectivity index (χ1n) is 20.2. The average molecular weight is 739 g/mol. The lowest BCUT2D eigenvalue weighted by Gasteiger charge is -2.33. The van der Waals surface area contributed by atoms with Crippen molar-refractivity contribution in [3.63, 3.8) is 0 Å². The third-order valence-electron chi connectivity index (χ3n) is 13.0. The Labute approximate surface area is 335 Å². The number of allylic oxidation sites excluding steroid dienone is 8. The lowest BCUT2D eigenvalue weighted by atomic mass is 9.70. The van der Waals surface area contributed by atoms with Crippen molar-refractivity contribution < 1.29 is 0 Å². The van der Waals surface area contributed by atoms with Crippen LogP contribution in [0.25, 0.3) is 79.3 Å². The van der Waals surface area contributed by atoms with Gasteiger partial charge < -0.3 is 0 Å². The number of hydrogen-bond acceptors (Lipinski definition) is 4. The Morgan fingerprint density at radius 1 is 0.655 bits per heavy atom. The standard InChI is InChI=1S/C54H34N4/c55-29-31-5-1-11-39(25-31)52-47-28-41(42-21-17-37-15-13-33-7-3-9-35-19-23-44(42)50(37)48(33)35)27-46(53(47)58-54(57-52)40-12-2-6-32(26-40)30-56)43-22-18-38-16-14-34-8-4-10-36-20-24-45(43)51(38)49(34)36/h2-4,6-22,24-28,43-45H,1,5,23H2. The fourth-order valence-corrected chi connectivity index (χ4v) is 10.4. The molecule has 4 nitrogen and oxygen atoms in total. The molecule has 0 saturated carbocycles. The van der Waals surface area contributed by atoms with Gasteiger partial charge in [-0.25, -0.2) is 9.97 Å². The molecule has 58 heavy (non-hydrogen) atoms. The molecular weight excluding hydrogens is 705 g/mol. The van der Waals surface area contributed by atoms with Crippen molar-refractivity contribution in [3.8, 4) is 23.5 Å². The zero-order chi connectivity index (χ0) is 38.5. The molecule has 3 unspecified atom stereocenters. The van der Waals surface area contributed by atoms with Gasteiger partial charge in [-0.3, -0.25) is 0 Å². The summed E-state index contributed by atoms with van der Waals surface area (Å²) in [5, 5.41) is 28.8. The van der Waals surface area contributed by atoms with E-state index in [9.17, 15) is 10.5 Å². The molecule has 1 aromatic heterocycles. The highest BCUT2D eigenvalue weighted by Crippen LogP contribution is 2.51. The van der Waals surface area contributed by atoms with Crippen molar-refractivity contribution in [1.82, 2.24) is 9.97 Å². The van der Waals surface area contributed by atoms with Crippen LogP contribution in [0.4, 0.5) is 0 Å². The summed E-state index contributed by atoms with van der Waals surface area (Å²) >= 11 is 0. The minimum absolute atomic E-state index is 0.0115. The Bertz CT molecular complexity index is 3410. The first-order valence-corrected chi connectivity index (χ1v) is 20.2. The lowest BCUT2D eigenvalue weighted by Crippen LogP contribution is -2.25. The molecule has 3 atom stereocenters. The van der Waals surface area contributed by atoms with Gasteiger partial charge in [0.25, 0.3) is 0 Å². The normalized spacial score (nSPS) is 19.4. The van der Waals surface area contributed by atoms with E-state index in [2.05, 4.69) is 134 Å². The highest BCUT2D eigenvalue weighted by molar-refractivity contribution is 6.02. The van der Waals surface area contributed by atoms with Gasteiger partial charge in [0.1, 0.15) is 0 Å². The highest BCUT2D eigenvalue weighted by Gasteiger charge is 2.34. The molecule has 5 aliphatic carbocycles. The van der Waals surface area contributed by atoms with E-state index in [1.54, 1.807) is 0 Å². The average Bonchev–Trinajstić information content (AvgIpc) is 3.29. The van der Waals surface area contributed by atoms with Crippen LogP contribution < -0.4 is 10.4 Å². The Balaban J connectivity index is 1.15. The first kappa shape index (κ1) is 32.8. The number of rotatable bonds is 4. The maximum atomic E-state index is 10.1. The van der Waals surface area contributed by atoms with Gasteiger partial charge in [0.2, 0.25) is 0 Å². The van der Waals surface area contributed by atoms with E-state index in [0.717, 1.165) is 51.7 Å². The predicted octanol–water partition coefficient (Wildman–Crippen LogP) is 11.2. The summed E-state index contributed by atoms with van der Waals surface area (Å²) in [5.41, 5.74) is 13.7. The van der Waals surface area contributed by atoms with Crippen LogP contribution in [0.3, 0.4) is 0 Å². The van der Waals surface area contributed by atoms with E-state index >= 15 is 0 Å². The van der Waals surface area contributed by atoms with Crippen LogP contribution in [-0.4, -0.2) is 9.97 Å². The van der Waals surface area contributed by atoms with E-state index in [0.29, 0.717) is 17.8 Å². The quantitative estimate of drug-likeness (QED) is 0.180. The van der Waals surface area contributed by atoms with Crippen molar-refractivity contribution >= 4 is 67.9 Å². The van der Waals surface area contributed by atoms with Gasteiger partial charge in [0.05, 0.1) is 28.9 Å². The summed E-state index contributed by atoms with van der Waals surface area (Å²) in [6.07, 6.45) is 23.1. The van der Waals surface area contributed by atoms with Crippen LogP contribution in [0, 0.1) is 22.7 Å². The second kappa shape index (κ2) is 12.6. The smallest absolute Gasteiger partial charge is 0.160 e. The SMILES string of the molecule is N#CC1=CC(c2nc(-c3cccc(C#N)c3)nc3c(C4C=Cc5ccc6cccc7c6c5C4C=C7)cc(C4=CC=c5ccc6cccc7c6c5C4CC=7)cc23)=CCC1. The van der Waals surface area contributed by atoms with Crippen LogP contribution in [-0.2, 0) is 0 Å². The predicted molar refractivity (Wildman–Crippen MR) is 236 cm³/mol. The van der Waals surface area contributed by atoms with Crippen LogP contribution in [0.5, 0.6) is 0 Å². The van der Waals surface area contributed by atoms with E-state index in [-0.39, 0.29) is 17.8 Å². The molecule has 0 amide bonds. The summed E-state index contributed by atoms with van der Waals surface area (Å²) in [4.78, 5) is 10.8.